The third-order valence-corrected chi connectivity index (χ3v) is 1.79. The van der Waals surface area contributed by atoms with Gasteiger partial charge in [-0.2, -0.15) is 0 Å². The van der Waals surface area contributed by atoms with Crippen molar-refractivity contribution in [3.63, 3.8) is 0 Å². The highest BCUT2D eigenvalue weighted by molar-refractivity contribution is 5.19. The molecule has 2 N–H and O–H groups in total. The molecule has 2 nitrogen and oxygen atoms in total. The minimum atomic E-state index is 0.0486. The van der Waals surface area contributed by atoms with Crippen molar-refractivity contribution in [2.45, 2.75) is 26.8 Å². The van der Waals surface area contributed by atoms with Crippen LogP contribution in [0.4, 0.5) is 0 Å². The SMILES string of the molecule is CC(C)(C)C1NC=CC=C1O. The van der Waals surface area contributed by atoms with E-state index in [0.717, 1.165) is 0 Å². The summed E-state index contributed by atoms with van der Waals surface area (Å²) in [6.07, 6.45) is 5.39. The van der Waals surface area contributed by atoms with E-state index in [-0.39, 0.29) is 11.5 Å². The molecule has 0 spiro atoms. The number of hydrogen-bond donors (Lipinski definition) is 2. The number of nitrogens with one attached hydrogen (secondary N) is 1. The van der Waals surface area contributed by atoms with E-state index >= 15 is 0 Å². The molecule has 0 saturated carbocycles. The van der Waals surface area contributed by atoms with E-state index in [1.165, 1.54) is 0 Å². The number of aliphatic hydroxyl groups excluding tert-OH is 1. The van der Waals surface area contributed by atoms with Gasteiger partial charge in [-0.15, -0.1) is 0 Å². The van der Waals surface area contributed by atoms with E-state index < -0.39 is 0 Å². The van der Waals surface area contributed by atoms with Crippen LogP contribution >= 0.6 is 0 Å². The van der Waals surface area contributed by atoms with Gasteiger partial charge in [-0.3, -0.25) is 0 Å². The van der Waals surface area contributed by atoms with Crippen molar-refractivity contribution in [1.82, 2.24) is 5.32 Å². The Morgan fingerprint density at radius 3 is 2.45 bits per heavy atom. The molecule has 62 valence electrons. The van der Waals surface area contributed by atoms with E-state index in [9.17, 15) is 5.11 Å². The van der Waals surface area contributed by atoms with E-state index in [4.69, 9.17) is 0 Å². The highest BCUT2D eigenvalue weighted by Crippen LogP contribution is 2.25. The number of hydrogen-bond acceptors (Lipinski definition) is 2. The van der Waals surface area contributed by atoms with Crippen LogP contribution in [0.5, 0.6) is 0 Å². The van der Waals surface area contributed by atoms with Crippen LogP contribution in [-0.2, 0) is 0 Å². The molecule has 0 aliphatic carbocycles. The molecule has 2 heteroatoms. The second kappa shape index (κ2) is 2.61. The van der Waals surface area contributed by atoms with E-state index in [2.05, 4.69) is 26.1 Å². The Balaban J connectivity index is 2.76. The second-order valence-corrected chi connectivity index (χ2v) is 3.92. The molecular weight excluding hydrogens is 138 g/mol. The van der Waals surface area contributed by atoms with Crippen molar-refractivity contribution in [3.8, 4) is 0 Å². The Kier molecular flexibility index (Phi) is 1.94. The molecule has 1 heterocycles. The Labute approximate surface area is 67.6 Å². The molecule has 0 radical (unpaired) electrons. The number of rotatable bonds is 0. The first-order valence-corrected chi connectivity index (χ1v) is 3.83. The normalized spacial score (nSPS) is 24.3. The minimum absolute atomic E-state index is 0.0486. The van der Waals surface area contributed by atoms with Gasteiger partial charge in [0.25, 0.3) is 0 Å². The highest BCUT2D eigenvalue weighted by Gasteiger charge is 2.27. The number of aliphatic hydroxyl groups is 1. The van der Waals surface area contributed by atoms with Crippen LogP contribution in [0.3, 0.4) is 0 Å². The molecule has 1 aliphatic heterocycles. The summed E-state index contributed by atoms with van der Waals surface area (Å²) >= 11 is 0. The first-order valence-electron chi connectivity index (χ1n) is 3.83. The fourth-order valence-corrected chi connectivity index (χ4v) is 1.17. The van der Waals surface area contributed by atoms with Crippen LogP contribution < -0.4 is 5.32 Å². The van der Waals surface area contributed by atoms with Gasteiger partial charge in [0.1, 0.15) is 5.76 Å². The van der Waals surface area contributed by atoms with Gasteiger partial charge >= 0.3 is 0 Å². The van der Waals surface area contributed by atoms with Crippen LogP contribution in [0.1, 0.15) is 20.8 Å². The van der Waals surface area contributed by atoms with Crippen molar-refractivity contribution in [2.24, 2.45) is 5.41 Å². The van der Waals surface area contributed by atoms with Gasteiger partial charge < -0.3 is 10.4 Å². The van der Waals surface area contributed by atoms with Crippen LogP contribution in [0, 0.1) is 5.41 Å². The standard InChI is InChI=1S/C9H15NO/c1-9(2,3)8-7(11)5-4-6-10-8/h4-6,8,10-11H,1-3H3. The Morgan fingerprint density at radius 2 is 2.09 bits per heavy atom. The Bertz CT molecular complexity index is 198. The summed E-state index contributed by atoms with van der Waals surface area (Å²) in [6.45, 7) is 6.27. The third kappa shape index (κ3) is 1.76. The van der Waals surface area contributed by atoms with Gasteiger partial charge in [-0.05, 0) is 23.8 Å². The molecule has 0 aromatic rings. The lowest BCUT2D eigenvalue weighted by atomic mass is 9.85. The molecule has 0 fully saturated rings. The highest BCUT2D eigenvalue weighted by atomic mass is 16.3. The van der Waals surface area contributed by atoms with E-state index in [1.807, 2.05) is 6.20 Å². The maximum absolute atomic E-state index is 9.45. The lowest BCUT2D eigenvalue weighted by Gasteiger charge is -2.31. The van der Waals surface area contributed by atoms with Crippen LogP contribution in [0.15, 0.2) is 24.1 Å². The summed E-state index contributed by atoms with van der Waals surface area (Å²) in [5, 5.41) is 12.6. The van der Waals surface area contributed by atoms with Gasteiger partial charge in [0, 0.05) is 0 Å². The smallest absolute Gasteiger partial charge is 0.115 e. The maximum Gasteiger partial charge on any atom is 0.115 e. The summed E-state index contributed by atoms with van der Waals surface area (Å²) < 4.78 is 0. The van der Waals surface area contributed by atoms with Crippen molar-refractivity contribution < 1.29 is 5.11 Å². The zero-order valence-electron chi connectivity index (χ0n) is 7.26. The summed E-state index contributed by atoms with van der Waals surface area (Å²) in [5.74, 6) is 0.417. The van der Waals surface area contributed by atoms with Crippen molar-refractivity contribution in [2.75, 3.05) is 0 Å². The van der Waals surface area contributed by atoms with Crippen molar-refractivity contribution >= 4 is 0 Å². The predicted octanol–water partition coefficient (Wildman–Crippen LogP) is 1.96. The van der Waals surface area contributed by atoms with Gasteiger partial charge in [0.05, 0.1) is 6.04 Å². The van der Waals surface area contributed by atoms with Gasteiger partial charge in [-0.25, -0.2) is 0 Å². The minimum Gasteiger partial charge on any atom is -0.510 e. The second-order valence-electron chi connectivity index (χ2n) is 3.92. The fraction of sp³-hybridized carbons (Fsp3) is 0.556. The zero-order chi connectivity index (χ0) is 8.48. The van der Waals surface area contributed by atoms with Crippen LogP contribution in [0.25, 0.3) is 0 Å². The molecule has 1 aliphatic rings. The average molecular weight is 153 g/mol. The molecule has 0 aromatic carbocycles. The topological polar surface area (TPSA) is 32.3 Å². The predicted molar refractivity (Wildman–Crippen MR) is 46.2 cm³/mol. The molecule has 1 unspecified atom stereocenters. The van der Waals surface area contributed by atoms with E-state index in [0.29, 0.717) is 5.76 Å². The molecule has 11 heavy (non-hydrogen) atoms. The quantitative estimate of drug-likeness (QED) is 0.557. The summed E-state index contributed by atoms with van der Waals surface area (Å²) in [6, 6.07) is 0.0486. The van der Waals surface area contributed by atoms with Crippen LogP contribution in [0.2, 0.25) is 0 Å². The average Bonchev–Trinajstić information content (AvgIpc) is 1.86. The lowest BCUT2D eigenvalue weighted by molar-refractivity contribution is 0.238. The molecule has 0 aromatic heterocycles. The summed E-state index contributed by atoms with van der Waals surface area (Å²) in [4.78, 5) is 0. The third-order valence-electron chi connectivity index (χ3n) is 1.79. The van der Waals surface area contributed by atoms with E-state index in [1.54, 1.807) is 12.2 Å². The van der Waals surface area contributed by atoms with Crippen molar-refractivity contribution in [3.05, 3.63) is 24.1 Å². The van der Waals surface area contributed by atoms with Crippen molar-refractivity contribution in [1.29, 1.82) is 0 Å². The zero-order valence-corrected chi connectivity index (χ0v) is 7.26. The summed E-state index contributed by atoms with van der Waals surface area (Å²) in [7, 11) is 0. The monoisotopic (exact) mass is 153 g/mol. The molecule has 1 atom stereocenters. The molecule has 0 bridgehead atoms. The summed E-state index contributed by atoms with van der Waals surface area (Å²) in [5.41, 5.74) is 0.0609. The molecule has 1 rings (SSSR count). The number of dihydropyridines is 1. The molecule has 0 saturated heterocycles. The maximum atomic E-state index is 9.45. The Hall–Kier alpha value is -0.920. The largest absolute Gasteiger partial charge is 0.510 e. The number of allylic oxidation sites excluding steroid dienone is 2. The van der Waals surface area contributed by atoms with Gasteiger partial charge in [0.2, 0.25) is 0 Å². The van der Waals surface area contributed by atoms with Crippen LogP contribution in [-0.4, -0.2) is 11.1 Å². The lowest BCUT2D eigenvalue weighted by Crippen LogP contribution is -2.40. The van der Waals surface area contributed by atoms with Gasteiger partial charge in [-0.1, -0.05) is 20.8 Å². The molecular formula is C9H15NO. The molecule has 0 amide bonds. The first kappa shape index (κ1) is 8.18. The first-order chi connectivity index (χ1) is 5.02. The fourth-order valence-electron chi connectivity index (χ4n) is 1.17. The Morgan fingerprint density at radius 1 is 1.45 bits per heavy atom. The van der Waals surface area contributed by atoms with Gasteiger partial charge in [0.15, 0.2) is 0 Å².